The first-order valence-corrected chi connectivity index (χ1v) is 7.83. The number of aryl methyl sites for hydroxylation is 2. The van der Waals surface area contributed by atoms with Gasteiger partial charge >= 0.3 is 0 Å². The second-order valence-electron chi connectivity index (χ2n) is 5.79. The van der Waals surface area contributed by atoms with E-state index in [4.69, 9.17) is 9.15 Å². The molecule has 1 N–H and O–H groups in total. The van der Waals surface area contributed by atoms with Crippen LogP contribution < -0.4 is 10.1 Å². The van der Waals surface area contributed by atoms with E-state index in [2.05, 4.69) is 5.32 Å². The molecule has 1 aromatic heterocycles. The predicted molar refractivity (Wildman–Crippen MR) is 95.1 cm³/mol. The summed E-state index contributed by atoms with van der Waals surface area (Å²) < 4.78 is 11.0. The first-order chi connectivity index (χ1) is 11.1. The zero-order valence-corrected chi connectivity index (χ0v) is 15.0. The number of carbonyl (C=O) groups excluding carboxylic acids is 1. The Labute approximate surface area is 148 Å². The molecule has 6 heteroatoms. The molecule has 24 heavy (non-hydrogen) atoms. The molecule has 0 saturated carbocycles. The zero-order chi connectivity index (χ0) is 16.4. The van der Waals surface area contributed by atoms with Crippen molar-refractivity contribution >= 4 is 18.3 Å². The molecule has 0 aliphatic carbocycles. The second-order valence-corrected chi connectivity index (χ2v) is 5.79. The standard InChI is InChI=1S/C18H22N2O3.ClH/c1-12-10-15(13(2)23-12)18(21)20-9-8-19-11-16(20)14-6-4-5-7-17(14)22-3;/h4-7,10,16,19H,8-9,11H2,1-3H3;1H. The second kappa shape index (κ2) is 7.73. The average Bonchev–Trinajstić information content (AvgIpc) is 2.92. The summed E-state index contributed by atoms with van der Waals surface area (Å²) in [6, 6.07) is 9.63. The number of hydrogen-bond donors (Lipinski definition) is 1. The minimum atomic E-state index is -0.0537. The number of carbonyl (C=O) groups is 1. The summed E-state index contributed by atoms with van der Waals surface area (Å²) in [7, 11) is 1.66. The molecule has 1 atom stereocenters. The van der Waals surface area contributed by atoms with E-state index in [0.717, 1.165) is 23.6 Å². The Balaban J connectivity index is 0.00000208. The number of amides is 1. The summed E-state index contributed by atoms with van der Waals surface area (Å²) in [4.78, 5) is 14.9. The van der Waals surface area contributed by atoms with E-state index in [0.29, 0.717) is 24.4 Å². The summed E-state index contributed by atoms with van der Waals surface area (Å²) in [5, 5.41) is 3.37. The SMILES string of the molecule is COc1ccccc1C1CNCCN1C(=O)c1cc(C)oc1C.Cl. The minimum absolute atomic E-state index is 0. The lowest BCUT2D eigenvalue weighted by molar-refractivity contribution is 0.0630. The van der Waals surface area contributed by atoms with Gasteiger partial charge in [-0.25, -0.2) is 0 Å². The molecule has 1 fully saturated rings. The Morgan fingerprint density at radius 2 is 2.08 bits per heavy atom. The number of rotatable bonds is 3. The molecule has 130 valence electrons. The van der Waals surface area contributed by atoms with Crippen LogP contribution >= 0.6 is 12.4 Å². The van der Waals surface area contributed by atoms with E-state index in [1.54, 1.807) is 7.11 Å². The highest BCUT2D eigenvalue weighted by Gasteiger charge is 2.31. The normalized spacial score (nSPS) is 17.3. The largest absolute Gasteiger partial charge is 0.496 e. The van der Waals surface area contributed by atoms with E-state index >= 15 is 0 Å². The topological polar surface area (TPSA) is 54.7 Å². The molecule has 3 rings (SSSR count). The lowest BCUT2D eigenvalue weighted by atomic mass is 10.0. The number of methoxy groups -OCH3 is 1. The number of halogens is 1. The Kier molecular flexibility index (Phi) is 5.91. The van der Waals surface area contributed by atoms with Crippen LogP contribution in [0.4, 0.5) is 0 Å². The third kappa shape index (κ3) is 3.42. The number of nitrogens with zero attached hydrogens (tertiary/aromatic N) is 1. The van der Waals surface area contributed by atoms with Gasteiger partial charge in [0.25, 0.3) is 5.91 Å². The van der Waals surface area contributed by atoms with Crippen molar-refractivity contribution in [2.24, 2.45) is 0 Å². The Morgan fingerprint density at radius 1 is 1.33 bits per heavy atom. The minimum Gasteiger partial charge on any atom is -0.496 e. The summed E-state index contributed by atoms with van der Waals surface area (Å²) in [6.45, 7) is 5.85. The third-order valence-electron chi connectivity index (χ3n) is 4.27. The van der Waals surface area contributed by atoms with Crippen LogP contribution in [0.1, 0.15) is 33.5 Å². The number of nitrogens with one attached hydrogen (secondary N) is 1. The van der Waals surface area contributed by atoms with Crippen molar-refractivity contribution in [2.45, 2.75) is 19.9 Å². The maximum Gasteiger partial charge on any atom is 0.258 e. The van der Waals surface area contributed by atoms with Crippen LogP contribution in [0.25, 0.3) is 0 Å². The highest BCUT2D eigenvalue weighted by Crippen LogP contribution is 2.31. The fourth-order valence-electron chi connectivity index (χ4n) is 3.16. The van der Waals surface area contributed by atoms with Crippen molar-refractivity contribution in [2.75, 3.05) is 26.7 Å². The number of piperazine rings is 1. The average molecular weight is 351 g/mol. The molecule has 1 unspecified atom stereocenters. The molecule has 0 radical (unpaired) electrons. The van der Waals surface area contributed by atoms with Gasteiger partial charge in [0, 0.05) is 25.2 Å². The highest BCUT2D eigenvalue weighted by molar-refractivity contribution is 5.95. The summed E-state index contributed by atoms with van der Waals surface area (Å²) in [6.07, 6.45) is 0. The molecule has 5 nitrogen and oxygen atoms in total. The molecule has 1 saturated heterocycles. The van der Waals surface area contributed by atoms with Crippen molar-refractivity contribution in [1.29, 1.82) is 0 Å². The van der Waals surface area contributed by atoms with Gasteiger partial charge in [0.1, 0.15) is 17.3 Å². The molecule has 0 bridgehead atoms. The fourth-order valence-corrected chi connectivity index (χ4v) is 3.16. The number of para-hydroxylation sites is 1. The van der Waals surface area contributed by atoms with E-state index in [1.165, 1.54) is 0 Å². The van der Waals surface area contributed by atoms with Crippen LogP contribution in [-0.2, 0) is 0 Å². The number of hydrogen-bond acceptors (Lipinski definition) is 4. The van der Waals surface area contributed by atoms with Gasteiger partial charge in [0.2, 0.25) is 0 Å². The van der Waals surface area contributed by atoms with Crippen LogP contribution in [0.15, 0.2) is 34.7 Å². The molecule has 2 aromatic rings. The Hall–Kier alpha value is -1.98. The Morgan fingerprint density at radius 3 is 2.75 bits per heavy atom. The van der Waals surface area contributed by atoms with Crippen LogP contribution in [0.5, 0.6) is 5.75 Å². The smallest absolute Gasteiger partial charge is 0.258 e. The molecular formula is C18H23ClN2O3. The summed E-state index contributed by atoms with van der Waals surface area (Å²) in [5.74, 6) is 2.25. The lowest BCUT2D eigenvalue weighted by Crippen LogP contribution is -2.48. The molecule has 0 spiro atoms. The maximum absolute atomic E-state index is 13.0. The van der Waals surface area contributed by atoms with E-state index in [-0.39, 0.29) is 24.4 Å². The summed E-state index contributed by atoms with van der Waals surface area (Å²) >= 11 is 0. The molecular weight excluding hydrogens is 328 g/mol. The predicted octanol–water partition coefficient (Wildman–Crippen LogP) is 3.11. The van der Waals surface area contributed by atoms with Gasteiger partial charge in [-0.05, 0) is 26.0 Å². The molecule has 1 aliphatic rings. The molecule has 2 heterocycles. The first kappa shape index (κ1) is 18.4. The van der Waals surface area contributed by atoms with Crippen molar-refractivity contribution in [3.05, 3.63) is 53.0 Å². The van der Waals surface area contributed by atoms with Crippen molar-refractivity contribution in [1.82, 2.24) is 10.2 Å². The van der Waals surface area contributed by atoms with Gasteiger partial charge in [-0.2, -0.15) is 0 Å². The van der Waals surface area contributed by atoms with E-state index in [9.17, 15) is 4.79 Å². The van der Waals surface area contributed by atoms with Gasteiger partial charge < -0.3 is 19.4 Å². The van der Waals surface area contributed by atoms with Gasteiger partial charge in [-0.3, -0.25) is 4.79 Å². The fraction of sp³-hybridized carbons (Fsp3) is 0.389. The van der Waals surface area contributed by atoms with E-state index in [1.807, 2.05) is 49.1 Å². The van der Waals surface area contributed by atoms with Crippen molar-refractivity contribution in [3.8, 4) is 5.75 Å². The molecule has 1 aliphatic heterocycles. The maximum atomic E-state index is 13.0. The first-order valence-electron chi connectivity index (χ1n) is 7.83. The van der Waals surface area contributed by atoms with Gasteiger partial charge in [0.05, 0.1) is 18.7 Å². The Bertz CT molecular complexity index is 714. The van der Waals surface area contributed by atoms with Gasteiger partial charge in [-0.1, -0.05) is 18.2 Å². The van der Waals surface area contributed by atoms with Crippen LogP contribution in [0.2, 0.25) is 0 Å². The van der Waals surface area contributed by atoms with Crippen LogP contribution in [-0.4, -0.2) is 37.6 Å². The van der Waals surface area contributed by atoms with Gasteiger partial charge in [0.15, 0.2) is 0 Å². The van der Waals surface area contributed by atoms with Crippen molar-refractivity contribution in [3.63, 3.8) is 0 Å². The highest BCUT2D eigenvalue weighted by atomic mass is 35.5. The number of ether oxygens (including phenoxy) is 1. The summed E-state index contributed by atoms with van der Waals surface area (Å²) in [5.41, 5.74) is 1.66. The van der Waals surface area contributed by atoms with Crippen LogP contribution in [0.3, 0.4) is 0 Å². The third-order valence-corrected chi connectivity index (χ3v) is 4.27. The monoisotopic (exact) mass is 350 g/mol. The van der Waals surface area contributed by atoms with E-state index < -0.39 is 0 Å². The number of benzene rings is 1. The van der Waals surface area contributed by atoms with Gasteiger partial charge in [-0.15, -0.1) is 12.4 Å². The lowest BCUT2D eigenvalue weighted by Gasteiger charge is -2.37. The number of furan rings is 1. The van der Waals surface area contributed by atoms with Crippen LogP contribution in [0, 0.1) is 13.8 Å². The molecule has 1 amide bonds. The van der Waals surface area contributed by atoms with Crippen molar-refractivity contribution < 1.29 is 13.9 Å². The zero-order valence-electron chi connectivity index (χ0n) is 14.2. The quantitative estimate of drug-likeness (QED) is 0.924. The molecule has 1 aromatic carbocycles.